The summed E-state index contributed by atoms with van der Waals surface area (Å²) in [6.45, 7) is 6.22. The van der Waals surface area contributed by atoms with Crippen molar-refractivity contribution in [3.63, 3.8) is 0 Å². The maximum absolute atomic E-state index is 12.4. The molecule has 21 heavy (non-hydrogen) atoms. The third-order valence-corrected chi connectivity index (χ3v) is 4.07. The number of amides is 1. The van der Waals surface area contributed by atoms with Crippen LogP contribution >= 0.6 is 0 Å². The molecule has 1 saturated heterocycles. The van der Waals surface area contributed by atoms with Gasteiger partial charge in [-0.25, -0.2) is 4.79 Å². The minimum Gasteiger partial charge on any atom is -0.478 e. The van der Waals surface area contributed by atoms with Crippen LogP contribution < -0.4 is 5.56 Å². The summed E-state index contributed by atoms with van der Waals surface area (Å²) in [5, 5.41) is 9.28. The highest BCUT2D eigenvalue weighted by atomic mass is 16.4. The van der Waals surface area contributed by atoms with Crippen molar-refractivity contribution in [2.75, 3.05) is 13.1 Å². The van der Waals surface area contributed by atoms with Gasteiger partial charge < -0.3 is 10.0 Å². The van der Waals surface area contributed by atoms with Crippen LogP contribution in [0.25, 0.3) is 0 Å². The largest absolute Gasteiger partial charge is 0.478 e. The molecule has 0 saturated carbocycles. The summed E-state index contributed by atoms with van der Waals surface area (Å²) in [5.74, 6) is -1.21. The summed E-state index contributed by atoms with van der Waals surface area (Å²) in [4.78, 5) is 37.7. The van der Waals surface area contributed by atoms with Crippen LogP contribution in [0.15, 0.2) is 10.9 Å². The first-order valence-corrected chi connectivity index (χ1v) is 7.09. The lowest BCUT2D eigenvalue weighted by Gasteiger charge is -2.24. The Morgan fingerprint density at radius 1 is 1.24 bits per heavy atom. The molecule has 1 atom stereocenters. The minimum atomic E-state index is -1.08. The molecule has 0 aliphatic carbocycles. The number of carbonyl (C=O) groups excluding carboxylic acids is 1. The number of aromatic carboxylic acids is 1. The number of hydrogen-bond donors (Lipinski definition) is 1. The number of aromatic nitrogens is 1. The molecule has 0 aromatic carbocycles. The van der Waals surface area contributed by atoms with Gasteiger partial charge in [0, 0.05) is 24.8 Å². The third kappa shape index (κ3) is 2.70. The van der Waals surface area contributed by atoms with Gasteiger partial charge in [-0.2, -0.15) is 0 Å². The van der Waals surface area contributed by atoms with Gasteiger partial charge in [0.1, 0.15) is 6.04 Å². The molecule has 2 rings (SSSR count). The van der Waals surface area contributed by atoms with Crippen LogP contribution in [0.4, 0.5) is 0 Å². The Bertz CT molecular complexity index is 642. The Morgan fingerprint density at radius 2 is 1.81 bits per heavy atom. The van der Waals surface area contributed by atoms with Crippen molar-refractivity contribution in [1.82, 2.24) is 9.47 Å². The number of likely N-dealkylation sites (tertiary alicyclic amines) is 1. The van der Waals surface area contributed by atoms with Gasteiger partial charge in [0.2, 0.25) is 5.91 Å². The fourth-order valence-electron chi connectivity index (χ4n) is 3.01. The van der Waals surface area contributed by atoms with E-state index >= 15 is 0 Å². The molecule has 1 fully saturated rings. The van der Waals surface area contributed by atoms with Crippen molar-refractivity contribution in [2.45, 2.75) is 39.7 Å². The highest BCUT2D eigenvalue weighted by Crippen LogP contribution is 2.19. The van der Waals surface area contributed by atoms with E-state index in [0.717, 1.165) is 12.8 Å². The van der Waals surface area contributed by atoms with Crippen molar-refractivity contribution >= 4 is 11.9 Å². The number of carbonyl (C=O) groups is 2. The molecule has 0 radical (unpaired) electrons. The average Bonchev–Trinajstić information content (AvgIpc) is 2.90. The zero-order chi connectivity index (χ0) is 15.7. The Balaban J connectivity index is 2.48. The van der Waals surface area contributed by atoms with Gasteiger partial charge in [-0.3, -0.25) is 14.2 Å². The van der Waals surface area contributed by atoms with Gasteiger partial charge >= 0.3 is 5.97 Å². The second-order valence-electron chi connectivity index (χ2n) is 5.51. The molecular weight excluding hydrogens is 272 g/mol. The molecular formula is C15H20N2O4. The molecule has 1 N–H and O–H groups in total. The molecule has 114 valence electrons. The smallest absolute Gasteiger partial charge is 0.337 e. The molecule has 2 heterocycles. The van der Waals surface area contributed by atoms with E-state index in [2.05, 4.69) is 0 Å². The van der Waals surface area contributed by atoms with E-state index in [1.807, 2.05) is 0 Å². The second-order valence-corrected chi connectivity index (χ2v) is 5.51. The summed E-state index contributed by atoms with van der Waals surface area (Å²) in [5.41, 5.74) is 0.500. The summed E-state index contributed by atoms with van der Waals surface area (Å²) in [6.07, 6.45) is 1.95. The number of rotatable bonds is 3. The van der Waals surface area contributed by atoms with E-state index in [4.69, 9.17) is 0 Å². The quantitative estimate of drug-likeness (QED) is 0.912. The number of nitrogens with zero attached hydrogens (tertiary/aromatic N) is 2. The fraction of sp³-hybridized carbons (Fsp3) is 0.533. The topological polar surface area (TPSA) is 79.6 Å². The Morgan fingerprint density at radius 3 is 2.33 bits per heavy atom. The molecule has 1 unspecified atom stereocenters. The first-order valence-electron chi connectivity index (χ1n) is 7.09. The monoisotopic (exact) mass is 292 g/mol. The second kappa shape index (κ2) is 5.71. The van der Waals surface area contributed by atoms with E-state index in [1.165, 1.54) is 10.6 Å². The summed E-state index contributed by atoms with van der Waals surface area (Å²) < 4.78 is 1.29. The van der Waals surface area contributed by atoms with Crippen molar-refractivity contribution in [3.8, 4) is 0 Å². The van der Waals surface area contributed by atoms with Gasteiger partial charge in [0.15, 0.2) is 0 Å². The summed E-state index contributed by atoms with van der Waals surface area (Å²) in [7, 11) is 0. The van der Waals surface area contributed by atoms with Crippen molar-refractivity contribution in [1.29, 1.82) is 0 Å². The Kier molecular flexibility index (Phi) is 4.16. The summed E-state index contributed by atoms with van der Waals surface area (Å²) in [6, 6.07) is 0.596. The highest BCUT2D eigenvalue weighted by Gasteiger charge is 2.27. The lowest BCUT2D eigenvalue weighted by Crippen LogP contribution is -2.39. The Labute approximate surface area is 123 Å². The lowest BCUT2D eigenvalue weighted by molar-refractivity contribution is -0.133. The molecule has 1 amide bonds. The minimum absolute atomic E-state index is 0.0932. The van der Waals surface area contributed by atoms with Crippen molar-refractivity contribution in [2.24, 2.45) is 0 Å². The number of pyridine rings is 1. The Hall–Kier alpha value is -2.11. The predicted molar refractivity (Wildman–Crippen MR) is 77.7 cm³/mol. The molecule has 1 aromatic rings. The maximum Gasteiger partial charge on any atom is 0.337 e. The first-order chi connectivity index (χ1) is 9.84. The van der Waals surface area contributed by atoms with Gasteiger partial charge in [0.25, 0.3) is 5.56 Å². The molecule has 6 nitrogen and oxygen atoms in total. The SMILES string of the molecule is Cc1cc(=O)n(C(C)C(=O)N2CCCC2)c(C)c1C(=O)O. The molecule has 0 bridgehead atoms. The molecule has 0 spiro atoms. The molecule has 1 aliphatic heterocycles. The summed E-state index contributed by atoms with van der Waals surface area (Å²) >= 11 is 0. The van der Waals surface area contributed by atoms with Crippen LogP contribution in [0.5, 0.6) is 0 Å². The standard InChI is InChI=1S/C15H20N2O4/c1-9-8-12(18)17(10(2)13(9)15(20)21)11(3)14(19)16-6-4-5-7-16/h8,11H,4-7H2,1-3H3,(H,20,21). The van der Waals surface area contributed by atoms with Crippen LogP contribution in [0, 0.1) is 13.8 Å². The van der Waals surface area contributed by atoms with E-state index in [-0.39, 0.29) is 17.0 Å². The normalized spacial score (nSPS) is 16.0. The lowest BCUT2D eigenvalue weighted by atomic mass is 10.1. The molecule has 1 aliphatic rings. The first kappa shape index (κ1) is 15.3. The van der Waals surface area contributed by atoms with Crippen LogP contribution in [0.3, 0.4) is 0 Å². The average molecular weight is 292 g/mol. The van der Waals surface area contributed by atoms with Crippen LogP contribution in [0.1, 0.15) is 47.4 Å². The number of hydrogen-bond acceptors (Lipinski definition) is 3. The molecule has 1 aromatic heterocycles. The number of carboxylic acids is 1. The maximum atomic E-state index is 12.4. The van der Waals surface area contributed by atoms with Gasteiger partial charge in [-0.05, 0) is 39.2 Å². The zero-order valence-corrected chi connectivity index (χ0v) is 12.5. The number of aryl methyl sites for hydroxylation is 1. The van der Waals surface area contributed by atoms with Crippen LogP contribution in [-0.4, -0.2) is 39.5 Å². The van der Waals surface area contributed by atoms with Gasteiger partial charge in [0.05, 0.1) is 5.56 Å². The van der Waals surface area contributed by atoms with Gasteiger partial charge in [-0.15, -0.1) is 0 Å². The van der Waals surface area contributed by atoms with E-state index < -0.39 is 12.0 Å². The van der Waals surface area contributed by atoms with Crippen LogP contribution in [-0.2, 0) is 4.79 Å². The third-order valence-electron chi connectivity index (χ3n) is 4.07. The van der Waals surface area contributed by atoms with Crippen LogP contribution in [0.2, 0.25) is 0 Å². The van der Waals surface area contributed by atoms with Gasteiger partial charge in [-0.1, -0.05) is 0 Å². The van der Waals surface area contributed by atoms with E-state index in [1.54, 1.807) is 25.7 Å². The van der Waals surface area contributed by atoms with E-state index in [0.29, 0.717) is 24.3 Å². The highest BCUT2D eigenvalue weighted by molar-refractivity contribution is 5.90. The van der Waals surface area contributed by atoms with E-state index in [9.17, 15) is 19.5 Å². The van der Waals surface area contributed by atoms with Crippen molar-refractivity contribution < 1.29 is 14.7 Å². The fourth-order valence-corrected chi connectivity index (χ4v) is 3.01. The predicted octanol–water partition coefficient (Wildman–Crippen LogP) is 1.35. The van der Waals surface area contributed by atoms with Crippen molar-refractivity contribution in [3.05, 3.63) is 33.2 Å². The zero-order valence-electron chi connectivity index (χ0n) is 12.5. The number of carboxylic acid groups (broad SMARTS) is 1. The molecule has 6 heteroatoms.